The molecule has 0 saturated carbocycles. The maximum Gasteiger partial charge on any atom is 0.270 e. The standard InChI is InChI=1S/C22H20ClN3O2/c23-18-11-9-16(10-12-18)13-14-24-21(27)19-7-4-8-20(26-19)22(28)25-15-17-5-2-1-3-6-17/h1-12H,13-15H2,(H,24,27)(H,25,28). The van der Waals surface area contributed by atoms with Crippen LogP contribution in [0.25, 0.3) is 0 Å². The summed E-state index contributed by atoms with van der Waals surface area (Å²) in [5.74, 6) is -0.633. The number of nitrogens with zero attached hydrogens (tertiary/aromatic N) is 1. The smallest absolute Gasteiger partial charge is 0.270 e. The predicted octanol–water partition coefficient (Wildman–Crippen LogP) is 3.64. The first-order chi connectivity index (χ1) is 13.6. The minimum Gasteiger partial charge on any atom is -0.350 e. The molecule has 2 N–H and O–H groups in total. The maximum atomic E-state index is 12.3. The molecule has 2 amide bonds. The normalized spacial score (nSPS) is 10.3. The summed E-state index contributed by atoms with van der Waals surface area (Å²) >= 11 is 5.86. The maximum absolute atomic E-state index is 12.3. The highest BCUT2D eigenvalue weighted by Gasteiger charge is 2.12. The van der Waals surface area contributed by atoms with Gasteiger partial charge in [-0.3, -0.25) is 9.59 Å². The van der Waals surface area contributed by atoms with E-state index >= 15 is 0 Å². The van der Waals surface area contributed by atoms with Gasteiger partial charge in [0.1, 0.15) is 11.4 Å². The van der Waals surface area contributed by atoms with Crippen LogP contribution in [0.3, 0.4) is 0 Å². The number of amides is 2. The average molecular weight is 394 g/mol. The number of halogens is 1. The lowest BCUT2D eigenvalue weighted by Gasteiger charge is -2.08. The second kappa shape index (κ2) is 9.67. The SMILES string of the molecule is O=C(NCCc1ccc(Cl)cc1)c1cccc(C(=O)NCc2ccccc2)n1. The van der Waals surface area contributed by atoms with Gasteiger partial charge in [-0.1, -0.05) is 60.1 Å². The molecule has 3 rings (SSSR count). The predicted molar refractivity (Wildman–Crippen MR) is 109 cm³/mol. The van der Waals surface area contributed by atoms with Crippen LogP contribution in [-0.2, 0) is 13.0 Å². The molecule has 3 aromatic rings. The third-order valence-electron chi connectivity index (χ3n) is 4.12. The highest BCUT2D eigenvalue weighted by Crippen LogP contribution is 2.09. The number of nitrogens with one attached hydrogen (secondary N) is 2. The number of pyridine rings is 1. The van der Waals surface area contributed by atoms with E-state index in [0.717, 1.165) is 11.1 Å². The van der Waals surface area contributed by atoms with E-state index in [2.05, 4.69) is 15.6 Å². The van der Waals surface area contributed by atoms with Gasteiger partial charge in [-0.2, -0.15) is 0 Å². The minimum absolute atomic E-state index is 0.210. The van der Waals surface area contributed by atoms with Gasteiger partial charge in [0.15, 0.2) is 0 Å². The van der Waals surface area contributed by atoms with Crippen molar-refractivity contribution in [2.75, 3.05) is 6.54 Å². The monoisotopic (exact) mass is 393 g/mol. The van der Waals surface area contributed by atoms with Gasteiger partial charge in [0.05, 0.1) is 0 Å². The Morgan fingerprint density at radius 3 is 2.07 bits per heavy atom. The zero-order valence-electron chi connectivity index (χ0n) is 15.2. The molecule has 6 heteroatoms. The Balaban J connectivity index is 1.53. The summed E-state index contributed by atoms with van der Waals surface area (Å²) in [6, 6.07) is 21.9. The molecular formula is C22H20ClN3O2. The van der Waals surface area contributed by atoms with Crippen molar-refractivity contribution in [2.24, 2.45) is 0 Å². The summed E-state index contributed by atoms with van der Waals surface area (Å²) in [6.07, 6.45) is 0.681. The number of benzene rings is 2. The summed E-state index contributed by atoms with van der Waals surface area (Å²) in [7, 11) is 0. The Hall–Kier alpha value is -3.18. The summed E-state index contributed by atoms with van der Waals surface area (Å²) < 4.78 is 0. The van der Waals surface area contributed by atoms with Crippen molar-refractivity contribution in [1.29, 1.82) is 0 Å². The fourth-order valence-electron chi connectivity index (χ4n) is 2.62. The van der Waals surface area contributed by atoms with Crippen LogP contribution in [0.2, 0.25) is 5.02 Å². The summed E-state index contributed by atoms with van der Waals surface area (Å²) in [4.78, 5) is 28.8. The van der Waals surface area contributed by atoms with Crippen LogP contribution in [0.5, 0.6) is 0 Å². The van der Waals surface area contributed by atoms with Gasteiger partial charge in [-0.15, -0.1) is 0 Å². The van der Waals surface area contributed by atoms with E-state index < -0.39 is 0 Å². The first-order valence-electron chi connectivity index (χ1n) is 8.93. The summed E-state index contributed by atoms with van der Waals surface area (Å²) in [6.45, 7) is 0.867. The van der Waals surface area contributed by atoms with Crippen molar-refractivity contribution in [3.63, 3.8) is 0 Å². The number of aromatic nitrogens is 1. The van der Waals surface area contributed by atoms with Crippen molar-refractivity contribution in [1.82, 2.24) is 15.6 Å². The molecule has 5 nitrogen and oxygen atoms in total. The molecule has 0 atom stereocenters. The van der Waals surface area contributed by atoms with E-state index in [4.69, 9.17) is 11.6 Å². The molecule has 2 aromatic carbocycles. The molecule has 0 aliphatic heterocycles. The third-order valence-corrected chi connectivity index (χ3v) is 4.37. The molecule has 1 heterocycles. The highest BCUT2D eigenvalue weighted by atomic mass is 35.5. The second-order valence-electron chi connectivity index (χ2n) is 6.21. The van der Waals surface area contributed by atoms with E-state index in [0.29, 0.717) is 24.5 Å². The first kappa shape index (κ1) is 19.6. The van der Waals surface area contributed by atoms with Gasteiger partial charge in [0.2, 0.25) is 0 Å². The van der Waals surface area contributed by atoms with E-state index in [1.807, 2.05) is 54.6 Å². The molecule has 28 heavy (non-hydrogen) atoms. The molecule has 142 valence electrons. The number of hydrogen-bond donors (Lipinski definition) is 2. The van der Waals surface area contributed by atoms with Gasteiger partial charge in [-0.25, -0.2) is 4.98 Å². The van der Waals surface area contributed by atoms with Crippen LogP contribution in [0.4, 0.5) is 0 Å². The van der Waals surface area contributed by atoms with Crippen molar-refractivity contribution in [3.05, 3.63) is 100 Å². The van der Waals surface area contributed by atoms with Crippen molar-refractivity contribution in [2.45, 2.75) is 13.0 Å². The first-order valence-corrected chi connectivity index (χ1v) is 9.31. The second-order valence-corrected chi connectivity index (χ2v) is 6.65. The van der Waals surface area contributed by atoms with E-state index in [9.17, 15) is 9.59 Å². The van der Waals surface area contributed by atoms with E-state index in [-0.39, 0.29) is 23.2 Å². The Bertz CT molecular complexity index is 944. The number of rotatable bonds is 7. The molecule has 0 fully saturated rings. The molecular weight excluding hydrogens is 374 g/mol. The average Bonchev–Trinajstić information content (AvgIpc) is 2.74. The van der Waals surface area contributed by atoms with Crippen LogP contribution < -0.4 is 10.6 Å². The molecule has 0 bridgehead atoms. The lowest BCUT2D eigenvalue weighted by Crippen LogP contribution is -2.28. The molecule has 1 aromatic heterocycles. The molecule has 0 spiro atoms. The zero-order chi connectivity index (χ0) is 19.8. The lowest BCUT2D eigenvalue weighted by atomic mass is 10.1. The van der Waals surface area contributed by atoms with Crippen molar-refractivity contribution >= 4 is 23.4 Å². The topological polar surface area (TPSA) is 71.1 Å². The van der Waals surface area contributed by atoms with Gasteiger partial charge in [-0.05, 0) is 41.8 Å². The fraction of sp³-hybridized carbons (Fsp3) is 0.136. The van der Waals surface area contributed by atoms with E-state index in [1.165, 1.54) is 0 Å². The Morgan fingerprint density at radius 2 is 1.39 bits per heavy atom. The van der Waals surface area contributed by atoms with E-state index in [1.54, 1.807) is 18.2 Å². The van der Waals surface area contributed by atoms with Crippen LogP contribution >= 0.6 is 11.6 Å². The Morgan fingerprint density at radius 1 is 0.750 bits per heavy atom. The molecule has 0 unspecified atom stereocenters. The fourth-order valence-corrected chi connectivity index (χ4v) is 2.74. The van der Waals surface area contributed by atoms with Gasteiger partial charge in [0, 0.05) is 18.1 Å². The van der Waals surface area contributed by atoms with Crippen LogP contribution in [0, 0.1) is 0 Å². The highest BCUT2D eigenvalue weighted by molar-refractivity contribution is 6.30. The largest absolute Gasteiger partial charge is 0.350 e. The van der Waals surface area contributed by atoms with Crippen LogP contribution in [0.1, 0.15) is 32.1 Å². The van der Waals surface area contributed by atoms with Gasteiger partial charge < -0.3 is 10.6 Å². The van der Waals surface area contributed by atoms with Gasteiger partial charge >= 0.3 is 0 Å². The van der Waals surface area contributed by atoms with Crippen LogP contribution in [-0.4, -0.2) is 23.3 Å². The quantitative estimate of drug-likeness (QED) is 0.643. The lowest BCUT2D eigenvalue weighted by molar-refractivity contribution is 0.0943. The molecule has 0 aliphatic carbocycles. The summed E-state index contributed by atoms with van der Waals surface area (Å²) in [5.41, 5.74) is 2.49. The molecule has 0 aliphatic rings. The number of hydrogen-bond acceptors (Lipinski definition) is 3. The van der Waals surface area contributed by atoms with Gasteiger partial charge in [0.25, 0.3) is 11.8 Å². The van der Waals surface area contributed by atoms with Crippen molar-refractivity contribution in [3.8, 4) is 0 Å². The third kappa shape index (κ3) is 5.66. The molecule has 0 saturated heterocycles. The zero-order valence-corrected chi connectivity index (χ0v) is 15.9. The Labute approximate surface area is 168 Å². The minimum atomic E-state index is -0.320. The molecule has 0 radical (unpaired) electrons. The van der Waals surface area contributed by atoms with Crippen molar-refractivity contribution < 1.29 is 9.59 Å². The van der Waals surface area contributed by atoms with Crippen LogP contribution in [0.15, 0.2) is 72.8 Å². The summed E-state index contributed by atoms with van der Waals surface area (Å²) in [5, 5.41) is 6.31. The number of carbonyl (C=O) groups excluding carboxylic acids is 2. The number of carbonyl (C=O) groups is 2. The Kier molecular flexibility index (Phi) is 6.76.